The van der Waals surface area contributed by atoms with Crippen molar-refractivity contribution in [3.8, 4) is 17.6 Å². The minimum atomic E-state index is -0.542. The van der Waals surface area contributed by atoms with Crippen molar-refractivity contribution < 1.29 is 9.47 Å². The first kappa shape index (κ1) is 38.1. The van der Waals surface area contributed by atoms with Crippen LogP contribution in [0.25, 0.3) is 0 Å². The van der Waals surface area contributed by atoms with Crippen molar-refractivity contribution in [1.29, 1.82) is 10.7 Å². The average Bonchev–Trinajstić information content (AvgIpc) is 3.00. The Kier molecular flexibility index (Phi) is 15.7. The summed E-state index contributed by atoms with van der Waals surface area (Å²) in [6, 6.07) is 7.35. The number of rotatable bonds is 10. The van der Waals surface area contributed by atoms with Crippen molar-refractivity contribution in [1.82, 2.24) is 9.97 Å². The van der Waals surface area contributed by atoms with Crippen molar-refractivity contribution in [2.45, 2.75) is 32.4 Å². The monoisotopic (exact) mass is 790 g/mol. The van der Waals surface area contributed by atoms with Gasteiger partial charge in [-0.15, -0.1) is 0 Å². The molecule has 0 bridgehead atoms. The fraction of sp³-hybridized carbons (Fsp3) is 0.379. The summed E-state index contributed by atoms with van der Waals surface area (Å²) in [7, 11) is 1.54. The Morgan fingerprint density at radius 1 is 1.23 bits per heavy atom. The summed E-state index contributed by atoms with van der Waals surface area (Å²) < 4.78 is 11.8. The number of hydrogen-bond donors (Lipinski definition) is 4. The van der Waals surface area contributed by atoms with E-state index in [-0.39, 0.29) is 5.71 Å². The summed E-state index contributed by atoms with van der Waals surface area (Å²) in [5.41, 5.74) is 14.2. The van der Waals surface area contributed by atoms with Gasteiger partial charge in [0, 0.05) is 67.4 Å². The van der Waals surface area contributed by atoms with Gasteiger partial charge in [-0.05, 0) is 53.6 Å². The number of ether oxygens (including phenoxy) is 2. The number of hydrogen-bond acceptors (Lipinski definition) is 11. The molecule has 0 amide bonds. The molecule has 1 unspecified atom stereocenters. The molecule has 0 spiro atoms. The van der Waals surface area contributed by atoms with Crippen LogP contribution in [0.3, 0.4) is 0 Å². The number of thioether (sulfide) groups is 1. The fourth-order valence-corrected chi connectivity index (χ4v) is 6.16. The number of nitrogens with two attached hydrogens (primary N) is 2. The Bertz CT molecular complexity index is 1450. The SMILES string of the molecule is CC.COc1cc(NPI)c(C(=N)c2cnc(N3CC(N)(CN)C3)c(C#N)c2)cc1O[C@H](C)c1c(Cl)cncc1Cl.CSC. The van der Waals surface area contributed by atoms with Crippen molar-refractivity contribution in [2.75, 3.05) is 49.2 Å². The Hall–Kier alpha value is -2.11. The molecule has 10 nitrogen and oxygen atoms in total. The van der Waals surface area contributed by atoms with Gasteiger partial charge in [0.25, 0.3) is 0 Å². The molecule has 0 aliphatic carbocycles. The Labute approximate surface area is 288 Å². The average molecular weight is 792 g/mol. The molecule has 2 aromatic heterocycles. The first-order chi connectivity index (χ1) is 21.1. The minimum Gasteiger partial charge on any atom is -0.493 e. The maximum atomic E-state index is 9.84. The Balaban J connectivity index is 0.00000127. The third kappa shape index (κ3) is 9.22. The molecule has 44 heavy (non-hydrogen) atoms. The van der Waals surface area contributed by atoms with E-state index in [1.807, 2.05) is 38.2 Å². The van der Waals surface area contributed by atoms with Crippen molar-refractivity contribution in [3.05, 3.63) is 69.1 Å². The summed E-state index contributed by atoms with van der Waals surface area (Å²) in [5, 5.41) is 22.9. The van der Waals surface area contributed by atoms with Crippen LogP contribution in [-0.4, -0.2) is 60.5 Å². The van der Waals surface area contributed by atoms with E-state index in [4.69, 9.17) is 49.6 Å². The second kappa shape index (κ2) is 18.1. The summed E-state index contributed by atoms with van der Waals surface area (Å²) in [6.45, 7) is 7.18. The number of anilines is 2. The number of benzene rings is 1. The van der Waals surface area contributed by atoms with Gasteiger partial charge in [-0.1, -0.05) is 37.0 Å². The molecular weight excluding hydrogens is 753 g/mol. The molecule has 6 N–H and O–H groups in total. The highest BCUT2D eigenvalue weighted by molar-refractivity contribution is 14.2. The third-order valence-electron chi connectivity index (χ3n) is 6.35. The maximum Gasteiger partial charge on any atom is 0.162 e. The van der Waals surface area contributed by atoms with Crippen LogP contribution in [-0.2, 0) is 0 Å². The highest BCUT2D eigenvalue weighted by Gasteiger charge is 2.40. The largest absolute Gasteiger partial charge is 0.493 e. The topological polar surface area (TPSA) is 159 Å². The van der Waals surface area contributed by atoms with Gasteiger partial charge in [0.2, 0.25) is 0 Å². The second-order valence-corrected chi connectivity index (χ2v) is 13.1. The first-order valence-corrected chi connectivity index (χ1v) is 20.0. The van der Waals surface area contributed by atoms with E-state index in [0.717, 1.165) is 0 Å². The first-order valence-electron chi connectivity index (χ1n) is 13.5. The third-order valence-corrected chi connectivity index (χ3v) is 8.12. The van der Waals surface area contributed by atoms with E-state index < -0.39 is 11.6 Å². The van der Waals surface area contributed by atoms with Crippen LogP contribution in [0.5, 0.6) is 11.5 Å². The number of nitrogens with one attached hydrogen (secondary N) is 2. The lowest BCUT2D eigenvalue weighted by Crippen LogP contribution is -2.71. The highest BCUT2D eigenvalue weighted by atomic mass is 127. The summed E-state index contributed by atoms with van der Waals surface area (Å²) in [6.07, 6.45) is 8.46. The molecule has 238 valence electrons. The molecule has 3 heterocycles. The molecule has 3 aromatic rings. The lowest BCUT2D eigenvalue weighted by atomic mass is 9.90. The van der Waals surface area contributed by atoms with Gasteiger partial charge in [0.05, 0.1) is 39.7 Å². The smallest absolute Gasteiger partial charge is 0.162 e. The molecule has 1 aliphatic rings. The number of nitriles is 1. The number of halogens is 3. The normalized spacial score (nSPS) is 13.8. The predicted molar refractivity (Wildman–Crippen MR) is 196 cm³/mol. The van der Waals surface area contributed by atoms with Crippen LogP contribution in [0.1, 0.15) is 49.1 Å². The van der Waals surface area contributed by atoms with Gasteiger partial charge in [-0.2, -0.15) is 17.0 Å². The van der Waals surface area contributed by atoms with E-state index in [9.17, 15) is 5.26 Å². The number of methoxy groups -OCH3 is 1. The molecule has 0 saturated carbocycles. The summed E-state index contributed by atoms with van der Waals surface area (Å²) in [5.74, 6) is 1.38. The van der Waals surface area contributed by atoms with E-state index >= 15 is 0 Å². The number of pyridine rings is 2. The maximum absolute atomic E-state index is 9.84. The van der Waals surface area contributed by atoms with Crippen molar-refractivity contribution >= 4 is 80.6 Å². The Morgan fingerprint density at radius 2 is 1.84 bits per heavy atom. The van der Waals surface area contributed by atoms with E-state index in [1.165, 1.54) is 12.4 Å². The predicted octanol–water partition coefficient (Wildman–Crippen LogP) is 7.06. The zero-order valence-electron chi connectivity index (χ0n) is 25.5. The second-order valence-electron chi connectivity index (χ2n) is 9.46. The molecule has 15 heteroatoms. The molecule has 4 rings (SSSR count). The molecular formula is C29H38Cl2IN8O2PS. The van der Waals surface area contributed by atoms with Crippen molar-refractivity contribution in [3.63, 3.8) is 0 Å². The lowest BCUT2D eigenvalue weighted by Gasteiger charge is -2.47. The zero-order chi connectivity index (χ0) is 33.0. The minimum absolute atomic E-state index is 0.154. The molecule has 1 aromatic carbocycles. The molecule has 1 fully saturated rings. The summed E-state index contributed by atoms with van der Waals surface area (Å²) in [4.78, 5) is 10.4. The number of nitrogens with zero attached hydrogens (tertiary/aromatic N) is 4. The van der Waals surface area contributed by atoms with Crippen molar-refractivity contribution in [2.24, 2.45) is 11.5 Å². The van der Waals surface area contributed by atoms with Gasteiger partial charge < -0.3 is 30.9 Å². The van der Waals surface area contributed by atoms with Gasteiger partial charge >= 0.3 is 0 Å². The van der Waals surface area contributed by atoms with Crippen LogP contribution >= 0.6 is 63.4 Å². The summed E-state index contributed by atoms with van der Waals surface area (Å²) >= 11 is 16.6. The molecule has 1 aliphatic heterocycles. The molecule has 0 radical (unpaired) electrons. The molecule has 1 saturated heterocycles. The van der Waals surface area contributed by atoms with Crippen LogP contribution in [0, 0.1) is 16.7 Å². The van der Waals surface area contributed by atoms with Crippen LogP contribution in [0.2, 0.25) is 10.0 Å². The van der Waals surface area contributed by atoms with Gasteiger partial charge in [-0.3, -0.25) is 10.4 Å². The standard InChI is InChI=1S/C25H26Cl2IN8O2P.C2H6S.C2H6/c1-13(22-17(26)8-33-9-18(22)27)38-21-4-16(19(35-39-28)5-20(21)37-2)23(31)15-3-14(6-29)24(34-7-15)36-11-25(32,10-30)12-36;1-3-2;1-2/h3-5,7-9,13,31,35,39H,10-12,30,32H2,1-2H3;1-2H3;1-2H3/t13-;;/m1../s1. The van der Waals surface area contributed by atoms with Gasteiger partial charge in [0.15, 0.2) is 11.5 Å². The van der Waals surface area contributed by atoms with Crippen LogP contribution in [0.4, 0.5) is 11.5 Å². The Morgan fingerprint density at radius 3 is 2.36 bits per heavy atom. The van der Waals surface area contributed by atoms with Gasteiger partial charge in [-0.25, -0.2) is 4.98 Å². The van der Waals surface area contributed by atoms with Crippen LogP contribution in [0.15, 0.2) is 36.8 Å². The lowest BCUT2D eigenvalue weighted by molar-refractivity contribution is 0.216. The molecule has 2 atom stereocenters. The van der Waals surface area contributed by atoms with E-state index in [1.54, 1.807) is 43.3 Å². The highest BCUT2D eigenvalue weighted by Crippen LogP contribution is 2.41. The number of aromatic nitrogens is 2. The van der Waals surface area contributed by atoms with Crippen LogP contribution < -0.4 is 30.9 Å². The zero-order valence-corrected chi connectivity index (χ0v) is 31.0. The van der Waals surface area contributed by atoms with E-state index in [2.05, 4.69) is 43.2 Å². The van der Waals surface area contributed by atoms with Gasteiger partial charge in [0.1, 0.15) is 18.0 Å². The fourth-order valence-electron chi connectivity index (χ4n) is 4.31. The quantitative estimate of drug-likeness (QED) is 0.0952. The van der Waals surface area contributed by atoms with E-state index in [0.29, 0.717) is 81.3 Å².